The predicted molar refractivity (Wildman–Crippen MR) is 153 cm³/mol. The summed E-state index contributed by atoms with van der Waals surface area (Å²) in [4.78, 5) is 29.6. The molecule has 0 spiro atoms. The normalized spacial score (nSPS) is 23.2. The highest BCUT2D eigenvalue weighted by Crippen LogP contribution is 2.42. The van der Waals surface area contributed by atoms with Crippen molar-refractivity contribution in [2.24, 2.45) is 11.8 Å². The highest BCUT2D eigenvalue weighted by molar-refractivity contribution is 7.80. The first-order valence-corrected chi connectivity index (χ1v) is 14.0. The fourth-order valence-corrected chi connectivity index (χ4v) is 6.38. The molecule has 4 N–H and O–H groups in total. The molecule has 204 valence electrons. The van der Waals surface area contributed by atoms with E-state index in [0.717, 1.165) is 31.5 Å². The highest BCUT2D eigenvalue weighted by atomic mass is 32.1. The van der Waals surface area contributed by atoms with Crippen LogP contribution in [0.3, 0.4) is 0 Å². The second-order valence-corrected chi connectivity index (χ2v) is 10.9. The van der Waals surface area contributed by atoms with E-state index in [0.29, 0.717) is 30.7 Å². The summed E-state index contributed by atoms with van der Waals surface area (Å²) in [6.07, 6.45) is 4.39. The van der Waals surface area contributed by atoms with Crippen molar-refractivity contribution in [3.63, 3.8) is 0 Å². The van der Waals surface area contributed by atoms with Crippen LogP contribution in [-0.4, -0.2) is 57.1 Å². The van der Waals surface area contributed by atoms with Crippen LogP contribution in [0.25, 0.3) is 0 Å². The number of nitrogens with zero attached hydrogens (tertiary/aromatic N) is 1. The average Bonchev–Trinajstić information content (AvgIpc) is 2.88. The Hall–Kier alpha value is -2.82. The Labute approximate surface area is 234 Å². The molecule has 1 saturated heterocycles. The highest BCUT2D eigenvalue weighted by Gasteiger charge is 2.43. The Morgan fingerprint density at radius 1 is 0.947 bits per heavy atom. The van der Waals surface area contributed by atoms with Crippen molar-refractivity contribution in [3.05, 3.63) is 52.0 Å². The van der Waals surface area contributed by atoms with Crippen LogP contribution in [0.4, 0.5) is 0 Å². The summed E-state index contributed by atoms with van der Waals surface area (Å²) in [5, 5.41) is 28.1. The number of ether oxygens (including phenoxy) is 1. The predicted octanol–water partition coefficient (Wildman–Crippen LogP) is 4.36. The molecule has 1 aromatic rings. The third-order valence-electron chi connectivity index (χ3n) is 7.68. The van der Waals surface area contributed by atoms with E-state index >= 15 is 0 Å². The lowest BCUT2D eigenvalue weighted by atomic mass is 9.76. The van der Waals surface area contributed by atoms with Gasteiger partial charge in [-0.2, -0.15) is 0 Å². The summed E-state index contributed by atoms with van der Waals surface area (Å²) in [7, 11) is 1.61. The number of rotatable bonds is 8. The number of methoxy groups -OCH3 is 1. The van der Waals surface area contributed by atoms with Gasteiger partial charge >= 0.3 is 0 Å². The monoisotopic (exact) mass is 557 g/mol. The van der Waals surface area contributed by atoms with Gasteiger partial charge in [0, 0.05) is 12.1 Å². The number of likely N-dealkylation sites (tertiary alicyclic amines) is 1. The minimum atomic E-state index is -1.05. The number of aliphatic hydroxyl groups is 2. The molecule has 38 heavy (non-hydrogen) atoms. The quantitative estimate of drug-likeness (QED) is 0.349. The van der Waals surface area contributed by atoms with Crippen molar-refractivity contribution < 1.29 is 24.5 Å². The molecule has 4 rings (SSSR count). The number of thiocarbonyl (C=S) groups is 2. The molecule has 8 nitrogen and oxygen atoms in total. The van der Waals surface area contributed by atoms with Crippen molar-refractivity contribution in [3.8, 4) is 5.75 Å². The van der Waals surface area contributed by atoms with Gasteiger partial charge in [-0.3, -0.25) is 14.5 Å². The van der Waals surface area contributed by atoms with E-state index in [4.69, 9.17) is 29.2 Å². The SMILES string of the molecule is CC[C@@H]1C(=S)NC(=O)C(C(C2=C(O)[C@H](CC)C(=S)NC2=O)c2ccc(OC)c(CN3CCCCC3)c2)=C1O. The third kappa shape index (κ3) is 5.34. The molecule has 3 heterocycles. The number of aliphatic hydroxyl groups excluding tert-OH is 2. The Balaban J connectivity index is 1.93. The number of benzene rings is 1. The number of hydrogen-bond donors (Lipinski definition) is 4. The average molecular weight is 558 g/mol. The Kier molecular flexibility index (Phi) is 8.85. The van der Waals surface area contributed by atoms with Crippen molar-refractivity contribution in [1.82, 2.24) is 15.5 Å². The number of nitrogens with one attached hydrogen (secondary N) is 2. The summed E-state index contributed by atoms with van der Waals surface area (Å²) in [5.41, 5.74) is 1.48. The molecule has 0 bridgehead atoms. The van der Waals surface area contributed by atoms with E-state index in [2.05, 4.69) is 15.5 Å². The van der Waals surface area contributed by atoms with Crippen LogP contribution >= 0.6 is 24.4 Å². The topological polar surface area (TPSA) is 111 Å². The van der Waals surface area contributed by atoms with Crippen LogP contribution < -0.4 is 15.4 Å². The second kappa shape index (κ2) is 11.9. The van der Waals surface area contributed by atoms with Gasteiger partial charge in [0.15, 0.2) is 0 Å². The molecular weight excluding hydrogens is 522 g/mol. The molecule has 2 amide bonds. The standard InChI is InChI=1S/C28H35N3O5S2/c1-4-17-23(32)21(25(34)29-27(17)37)20(22-24(33)18(5-2)28(38)30-26(22)35)15-9-10-19(36-3)16(13-15)14-31-11-7-6-8-12-31/h9-10,13,17-18,20,32-33H,4-8,11-12,14H2,1-3H3,(H,29,34,37)(H,30,35,38)/t17-,18-/m0/s1. The van der Waals surface area contributed by atoms with Crippen LogP contribution in [0.2, 0.25) is 0 Å². The summed E-state index contributed by atoms with van der Waals surface area (Å²) in [5.74, 6) is -3.07. The molecule has 10 heteroatoms. The molecule has 1 aromatic carbocycles. The zero-order valence-electron chi connectivity index (χ0n) is 22.0. The fraction of sp³-hybridized carbons (Fsp3) is 0.500. The summed E-state index contributed by atoms with van der Waals surface area (Å²) >= 11 is 10.7. The van der Waals surface area contributed by atoms with E-state index in [1.807, 2.05) is 26.0 Å². The van der Waals surface area contributed by atoms with Crippen LogP contribution in [0, 0.1) is 11.8 Å². The Bertz CT molecular complexity index is 1160. The summed E-state index contributed by atoms with van der Waals surface area (Å²) < 4.78 is 5.65. The molecule has 3 aliphatic heterocycles. The van der Waals surface area contributed by atoms with Gasteiger partial charge < -0.3 is 25.6 Å². The lowest BCUT2D eigenvalue weighted by Crippen LogP contribution is -2.46. The minimum Gasteiger partial charge on any atom is -0.511 e. The van der Waals surface area contributed by atoms with Crippen molar-refractivity contribution in [2.75, 3.05) is 20.2 Å². The van der Waals surface area contributed by atoms with Gasteiger partial charge in [-0.15, -0.1) is 0 Å². The van der Waals surface area contributed by atoms with Crippen LogP contribution in [-0.2, 0) is 16.1 Å². The van der Waals surface area contributed by atoms with E-state index in [1.54, 1.807) is 13.2 Å². The van der Waals surface area contributed by atoms with Gasteiger partial charge in [0.25, 0.3) is 11.8 Å². The molecule has 1 fully saturated rings. The number of carbonyl (C=O) groups is 2. The second-order valence-electron chi connectivity index (χ2n) is 10.00. The maximum atomic E-state index is 13.4. The van der Waals surface area contributed by atoms with Gasteiger partial charge in [0.05, 0.1) is 46.0 Å². The lowest BCUT2D eigenvalue weighted by Gasteiger charge is -2.34. The summed E-state index contributed by atoms with van der Waals surface area (Å²) in [6, 6.07) is 5.48. The van der Waals surface area contributed by atoms with Crippen molar-refractivity contribution in [1.29, 1.82) is 0 Å². The van der Waals surface area contributed by atoms with Crippen molar-refractivity contribution in [2.45, 2.75) is 58.4 Å². The number of piperidine rings is 1. The first-order chi connectivity index (χ1) is 18.2. The van der Waals surface area contributed by atoms with E-state index in [1.165, 1.54) is 6.42 Å². The van der Waals surface area contributed by atoms with Gasteiger partial charge in [-0.1, -0.05) is 50.8 Å². The largest absolute Gasteiger partial charge is 0.511 e. The molecule has 0 unspecified atom stereocenters. The van der Waals surface area contributed by atoms with Gasteiger partial charge in [0.2, 0.25) is 0 Å². The van der Waals surface area contributed by atoms with Gasteiger partial charge in [-0.25, -0.2) is 0 Å². The summed E-state index contributed by atoms with van der Waals surface area (Å²) in [6.45, 7) is 6.31. The van der Waals surface area contributed by atoms with E-state index in [-0.39, 0.29) is 32.6 Å². The Morgan fingerprint density at radius 2 is 1.47 bits per heavy atom. The molecular formula is C28H35N3O5S2. The molecule has 0 radical (unpaired) electrons. The zero-order chi connectivity index (χ0) is 27.6. The molecule has 3 aliphatic rings. The van der Waals surface area contributed by atoms with Gasteiger partial charge in [0.1, 0.15) is 17.3 Å². The van der Waals surface area contributed by atoms with Crippen LogP contribution in [0.15, 0.2) is 40.9 Å². The molecule has 0 aliphatic carbocycles. The lowest BCUT2D eigenvalue weighted by molar-refractivity contribution is -0.117. The smallest absolute Gasteiger partial charge is 0.256 e. The van der Waals surface area contributed by atoms with E-state index in [9.17, 15) is 19.8 Å². The first-order valence-electron chi connectivity index (χ1n) is 13.2. The molecule has 2 atom stereocenters. The number of amides is 2. The number of carbonyl (C=O) groups excluding carboxylic acids is 2. The Morgan fingerprint density at radius 3 is 1.95 bits per heavy atom. The number of hydrogen-bond acceptors (Lipinski definition) is 8. The maximum absolute atomic E-state index is 13.4. The maximum Gasteiger partial charge on any atom is 0.256 e. The zero-order valence-corrected chi connectivity index (χ0v) is 23.6. The minimum absolute atomic E-state index is 0.00101. The van der Waals surface area contributed by atoms with Crippen LogP contribution in [0.5, 0.6) is 5.75 Å². The molecule has 0 saturated carbocycles. The van der Waals surface area contributed by atoms with Gasteiger partial charge in [-0.05, 0) is 56.5 Å². The van der Waals surface area contributed by atoms with Crippen molar-refractivity contribution >= 4 is 46.2 Å². The third-order valence-corrected chi connectivity index (χ3v) is 8.46. The van der Waals surface area contributed by atoms with E-state index < -0.39 is 29.6 Å². The van der Waals surface area contributed by atoms with Crippen LogP contribution in [0.1, 0.15) is 63.0 Å². The fourth-order valence-electron chi connectivity index (χ4n) is 5.64. The first kappa shape index (κ1) is 28.2. The molecule has 0 aromatic heterocycles.